The van der Waals surface area contributed by atoms with Crippen LogP contribution in [-0.2, 0) is 26.0 Å². The topological polar surface area (TPSA) is 92.8 Å². The minimum absolute atomic E-state index is 0.0167. The number of hydrogen-bond donors (Lipinski definition) is 1. The van der Waals surface area contributed by atoms with Crippen molar-refractivity contribution in [3.8, 4) is 0 Å². The Morgan fingerprint density at radius 2 is 1.85 bits per heavy atom. The Morgan fingerprint density at radius 1 is 1.09 bits per heavy atom. The standard InChI is InChI=1S/C25H30N2O5S/c1-18(24(28)26-17-19-8-3-2-4-9-19)32-25(29)21-11-7-12-22(16-21)33(30,31)27-15-14-20-10-5-6-13-23(20)27/h5-7,10-13,16,18-19H,2-4,8-9,14-15,17H2,1H3,(H,26,28)/t18-/m0/s1. The fraction of sp³-hybridized carbons (Fsp3) is 0.440. The molecule has 176 valence electrons. The first-order valence-electron chi connectivity index (χ1n) is 11.6. The molecule has 1 saturated carbocycles. The maximum atomic E-state index is 13.2. The normalized spacial score (nSPS) is 17.3. The highest BCUT2D eigenvalue weighted by molar-refractivity contribution is 7.92. The molecular formula is C25H30N2O5S. The molecule has 1 heterocycles. The van der Waals surface area contributed by atoms with Crippen molar-refractivity contribution in [2.45, 2.75) is 56.4 Å². The van der Waals surface area contributed by atoms with Crippen LogP contribution in [0.3, 0.4) is 0 Å². The molecule has 7 nitrogen and oxygen atoms in total. The minimum atomic E-state index is -3.83. The summed E-state index contributed by atoms with van der Waals surface area (Å²) < 4.78 is 33.2. The molecular weight excluding hydrogens is 440 g/mol. The van der Waals surface area contributed by atoms with Crippen LogP contribution in [0.2, 0.25) is 0 Å². The van der Waals surface area contributed by atoms with E-state index >= 15 is 0 Å². The molecule has 0 saturated heterocycles. The van der Waals surface area contributed by atoms with Crippen LogP contribution in [0.1, 0.15) is 54.9 Å². The number of nitrogens with zero attached hydrogens (tertiary/aromatic N) is 1. The van der Waals surface area contributed by atoms with Gasteiger partial charge in [0.2, 0.25) is 0 Å². The number of esters is 1. The zero-order chi connectivity index (χ0) is 23.4. The van der Waals surface area contributed by atoms with E-state index in [-0.39, 0.29) is 16.4 Å². The van der Waals surface area contributed by atoms with E-state index in [1.807, 2.05) is 12.1 Å². The molecule has 1 N–H and O–H groups in total. The molecule has 0 spiro atoms. The first-order valence-corrected chi connectivity index (χ1v) is 13.0. The number of amides is 1. The van der Waals surface area contributed by atoms with E-state index in [2.05, 4.69) is 5.32 Å². The highest BCUT2D eigenvalue weighted by Gasteiger charge is 2.31. The van der Waals surface area contributed by atoms with E-state index in [0.29, 0.717) is 31.1 Å². The molecule has 8 heteroatoms. The molecule has 1 aliphatic carbocycles. The zero-order valence-electron chi connectivity index (χ0n) is 18.8. The summed E-state index contributed by atoms with van der Waals surface area (Å²) >= 11 is 0. The van der Waals surface area contributed by atoms with Crippen molar-refractivity contribution < 1.29 is 22.7 Å². The molecule has 0 bridgehead atoms. The van der Waals surface area contributed by atoms with E-state index in [4.69, 9.17) is 4.74 Å². The highest BCUT2D eigenvalue weighted by Crippen LogP contribution is 2.32. The van der Waals surface area contributed by atoms with E-state index in [1.54, 1.807) is 12.1 Å². The van der Waals surface area contributed by atoms with Crippen LogP contribution in [0.5, 0.6) is 0 Å². The van der Waals surface area contributed by atoms with Gasteiger partial charge in [-0.05, 0) is 61.9 Å². The molecule has 2 aromatic rings. The fourth-order valence-corrected chi connectivity index (χ4v) is 6.08. The second kappa shape index (κ2) is 9.95. The summed E-state index contributed by atoms with van der Waals surface area (Å²) in [5.41, 5.74) is 1.73. The summed E-state index contributed by atoms with van der Waals surface area (Å²) in [4.78, 5) is 25.0. The average Bonchev–Trinajstić information content (AvgIpc) is 3.28. The first-order chi connectivity index (χ1) is 15.9. The van der Waals surface area contributed by atoms with Crippen molar-refractivity contribution in [2.24, 2.45) is 5.92 Å². The van der Waals surface area contributed by atoms with E-state index < -0.39 is 22.1 Å². The molecule has 0 unspecified atom stereocenters. The van der Waals surface area contributed by atoms with Gasteiger partial charge in [0.05, 0.1) is 16.1 Å². The molecule has 1 fully saturated rings. The summed E-state index contributed by atoms with van der Waals surface area (Å²) in [6, 6.07) is 13.2. The number of carbonyl (C=O) groups excluding carboxylic acids is 2. The van der Waals surface area contributed by atoms with Crippen molar-refractivity contribution in [2.75, 3.05) is 17.4 Å². The predicted octanol–water partition coefficient (Wildman–Crippen LogP) is 3.68. The number of fused-ring (bicyclic) bond motifs is 1. The maximum absolute atomic E-state index is 13.2. The Morgan fingerprint density at radius 3 is 2.64 bits per heavy atom. The Bertz CT molecular complexity index is 1130. The lowest BCUT2D eigenvalue weighted by molar-refractivity contribution is -0.129. The van der Waals surface area contributed by atoms with Crippen LogP contribution in [0.25, 0.3) is 0 Å². The number of hydrogen-bond acceptors (Lipinski definition) is 5. The van der Waals surface area contributed by atoms with Gasteiger partial charge in [0.1, 0.15) is 0 Å². The van der Waals surface area contributed by atoms with Crippen molar-refractivity contribution in [1.82, 2.24) is 5.32 Å². The molecule has 0 aromatic heterocycles. The predicted molar refractivity (Wildman–Crippen MR) is 126 cm³/mol. The van der Waals surface area contributed by atoms with Crippen molar-refractivity contribution in [3.05, 3.63) is 59.7 Å². The van der Waals surface area contributed by atoms with Gasteiger partial charge in [-0.25, -0.2) is 13.2 Å². The molecule has 2 aromatic carbocycles. The van der Waals surface area contributed by atoms with E-state index in [0.717, 1.165) is 18.4 Å². The first kappa shape index (κ1) is 23.3. The van der Waals surface area contributed by atoms with E-state index in [9.17, 15) is 18.0 Å². The SMILES string of the molecule is C[C@H](OC(=O)c1cccc(S(=O)(=O)N2CCc3ccccc32)c1)C(=O)NCC1CCCCC1. The molecule has 33 heavy (non-hydrogen) atoms. The fourth-order valence-electron chi connectivity index (χ4n) is 4.53. The summed E-state index contributed by atoms with van der Waals surface area (Å²) in [5, 5.41) is 2.87. The number of nitrogens with one attached hydrogen (secondary N) is 1. The van der Waals surface area contributed by atoms with Crippen LogP contribution < -0.4 is 9.62 Å². The number of ether oxygens (including phenoxy) is 1. The molecule has 1 aliphatic heterocycles. The Labute approximate surface area is 195 Å². The molecule has 1 atom stereocenters. The quantitative estimate of drug-likeness (QED) is 0.623. The van der Waals surface area contributed by atoms with Gasteiger partial charge in [0, 0.05) is 13.1 Å². The van der Waals surface area contributed by atoms with Gasteiger partial charge >= 0.3 is 5.97 Å². The summed E-state index contributed by atoms with van der Waals surface area (Å²) in [6.45, 7) is 2.47. The molecule has 2 aliphatic rings. The van der Waals surface area contributed by atoms with Crippen molar-refractivity contribution in [3.63, 3.8) is 0 Å². The molecule has 1 amide bonds. The highest BCUT2D eigenvalue weighted by atomic mass is 32.2. The third kappa shape index (κ3) is 5.21. The van der Waals surface area contributed by atoms with Crippen LogP contribution in [0.4, 0.5) is 5.69 Å². The van der Waals surface area contributed by atoms with Crippen molar-refractivity contribution >= 4 is 27.6 Å². The Kier molecular flexibility index (Phi) is 7.02. The summed E-state index contributed by atoms with van der Waals surface area (Å²) in [5.74, 6) is -0.594. The number of rotatable bonds is 7. The third-order valence-corrected chi connectivity index (χ3v) is 8.25. The Hall–Kier alpha value is -2.87. The number of sulfonamides is 1. The average molecular weight is 471 g/mol. The van der Waals surface area contributed by atoms with Gasteiger partial charge in [-0.3, -0.25) is 9.10 Å². The number of benzene rings is 2. The number of para-hydroxylation sites is 1. The van der Waals surface area contributed by atoms with Crippen LogP contribution in [-0.4, -0.2) is 39.5 Å². The minimum Gasteiger partial charge on any atom is -0.449 e. The summed E-state index contributed by atoms with van der Waals surface area (Å²) in [7, 11) is -3.83. The van der Waals surface area contributed by atoms with Crippen molar-refractivity contribution in [1.29, 1.82) is 0 Å². The smallest absolute Gasteiger partial charge is 0.338 e. The van der Waals surface area contributed by atoms with Gasteiger partial charge in [0.15, 0.2) is 6.10 Å². The number of carbonyl (C=O) groups is 2. The summed E-state index contributed by atoms with van der Waals surface area (Å²) in [6.07, 6.45) is 5.52. The second-order valence-electron chi connectivity index (χ2n) is 8.78. The third-order valence-electron chi connectivity index (χ3n) is 6.45. The van der Waals surface area contributed by atoms with Gasteiger partial charge < -0.3 is 10.1 Å². The largest absolute Gasteiger partial charge is 0.449 e. The van der Waals surface area contributed by atoms with Crippen LogP contribution in [0.15, 0.2) is 53.4 Å². The van der Waals surface area contributed by atoms with Gasteiger partial charge in [-0.2, -0.15) is 0 Å². The zero-order valence-corrected chi connectivity index (χ0v) is 19.6. The van der Waals surface area contributed by atoms with Gasteiger partial charge in [-0.1, -0.05) is 43.5 Å². The molecule has 0 radical (unpaired) electrons. The van der Waals surface area contributed by atoms with E-state index in [1.165, 1.54) is 54.8 Å². The lowest BCUT2D eigenvalue weighted by atomic mass is 9.89. The lowest BCUT2D eigenvalue weighted by Gasteiger charge is -2.22. The maximum Gasteiger partial charge on any atom is 0.338 e. The second-order valence-corrected chi connectivity index (χ2v) is 10.6. The van der Waals surface area contributed by atoms with Crippen LogP contribution >= 0.6 is 0 Å². The number of anilines is 1. The monoisotopic (exact) mass is 470 g/mol. The van der Waals surface area contributed by atoms with Gasteiger partial charge in [0.25, 0.3) is 15.9 Å². The van der Waals surface area contributed by atoms with Crippen LogP contribution in [0, 0.1) is 5.92 Å². The lowest BCUT2D eigenvalue weighted by Crippen LogP contribution is -2.38. The Balaban J connectivity index is 1.41. The van der Waals surface area contributed by atoms with Gasteiger partial charge in [-0.15, -0.1) is 0 Å². The molecule has 4 rings (SSSR count).